The van der Waals surface area contributed by atoms with Crippen LogP contribution in [0.2, 0.25) is 5.02 Å². The zero-order valence-electron chi connectivity index (χ0n) is 12.1. The van der Waals surface area contributed by atoms with Crippen LogP contribution in [0.25, 0.3) is 11.4 Å². The van der Waals surface area contributed by atoms with Crippen LogP contribution < -0.4 is 0 Å². The van der Waals surface area contributed by atoms with Crippen LogP contribution in [0.15, 0.2) is 30.6 Å². The van der Waals surface area contributed by atoms with E-state index in [1.54, 1.807) is 6.20 Å². The standard InChI is InChI=1S/C16H17ClN2O3/c1-9-3-2-4-10(17)13(9)16-18-5-6-19(16)11-7-21-15-12(20)8-22-14(11)15/h2-6,11-12,14-15,20H,7-8H2,1H3/t11-,12-,14-,15-/m1/s1. The molecule has 0 spiro atoms. The Labute approximate surface area is 133 Å². The van der Waals surface area contributed by atoms with Gasteiger partial charge in [-0.1, -0.05) is 23.7 Å². The van der Waals surface area contributed by atoms with Crippen molar-refractivity contribution >= 4 is 11.6 Å². The lowest BCUT2D eigenvalue weighted by Gasteiger charge is -2.20. The predicted octanol–water partition coefficient (Wildman–Crippen LogP) is 2.21. The van der Waals surface area contributed by atoms with E-state index < -0.39 is 6.10 Å². The van der Waals surface area contributed by atoms with Gasteiger partial charge in [0, 0.05) is 18.0 Å². The normalized spacial score (nSPS) is 30.7. The van der Waals surface area contributed by atoms with E-state index in [2.05, 4.69) is 9.55 Å². The molecule has 0 unspecified atom stereocenters. The molecule has 0 radical (unpaired) electrons. The highest BCUT2D eigenvalue weighted by Crippen LogP contribution is 2.38. The van der Waals surface area contributed by atoms with Gasteiger partial charge in [-0.05, 0) is 18.6 Å². The van der Waals surface area contributed by atoms with Crippen molar-refractivity contribution in [3.8, 4) is 11.4 Å². The van der Waals surface area contributed by atoms with E-state index in [1.165, 1.54) is 0 Å². The summed E-state index contributed by atoms with van der Waals surface area (Å²) in [5, 5.41) is 10.6. The molecule has 0 bridgehead atoms. The molecule has 2 fully saturated rings. The van der Waals surface area contributed by atoms with Crippen LogP contribution in [0.1, 0.15) is 11.6 Å². The van der Waals surface area contributed by atoms with E-state index in [0.29, 0.717) is 18.2 Å². The Balaban J connectivity index is 1.75. The summed E-state index contributed by atoms with van der Waals surface area (Å²) < 4.78 is 13.5. The van der Waals surface area contributed by atoms with Gasteiger partial charge in [0.15, 0.2) is 0 Å². The van der Waals surface area contributed by atoms with Gasteiger partial charge in [0.05, 0.1) is 24.3 Å². The largest absolute Gasteiger partial charge is 0.388 e. The van der Waals surface area contributed by atoms with Gasteiger partial charge in [0.25, 0.3) is 0 Å². The monoisotopic (exact) mass is 320 g/mol. The van der Waals surface area contributed by atoms with Crippen molar-refractivity contribution in [1.29, 1.82) is 0 Å². The third-order valence-electron chi connectivity index (χ3n) is 4.47. The first kappa shape index (κ1) is 14.2. The highest BCUT2D eigenvalue weighted by atomic mass is 35.5. The molecule has 3 heterocycles. The van der Waals surface area contributed by atoms with E-state index in [-0.39, 0.29) is 18.2 Å². The maximum Gasteiger partial charge on any atom is 0.142 e. The van der Waals surface area contributed by atoms with Gasteiger partial charge in [0.1, 0.15) is 24.1 Å². The lowest BCUT2D eigenvalue weighted by molar-refractivity contribution is 0.0172. The summed E-state index contributed by atoms with van der Waals surface area (Å²) in [4.78, 5) is 4.49. The van der Waals surface area contributed by atoms with Crippen molar-refractivity contribution < 1.29 is 14.6 Å². The first-order valence-electron chi connectivity index (χ1n) is 7.36. The fourth-order valence-electron chi connectivity index (χ4n) is 3.39. The number of nitrogens with zero attached hydrogens (tertiary/aromatic N) is 2. The topological polar surface area (TPSA) is 56.5 Å². The Morgan fingerprint density at radius 2 is 2.09 bits per heavy atom. The fourth-order valence-corrected chi connectivity index (χ4v) is 3.69. The third-order valence-corrected chi connectivity index (χ3v) is 4.79. The minimum Gasteiger partial charge on any atom is -0.388 e. The maximum absolute atomic E-state index is 9.89. The lowest BCUT2D eigenvalue weighted by Crippen LogP contribution is -2.30. The molecule has 4 rings (SSSR count). The lowest BCUT2D eigenvalue weighted by atomic mass is 10.1. The molecule has 1 aromatic heterocycles. The van der Waals surface area contributed by atoms with Gasteiger partial charge in [0.2, 0.25) is 0 Å². The van der Waals surface area contributed by atoms with Crippen molar-refractivity contribution in [2.45, 2.75) is 31.3 Å². The molecule has 2 saturated heterocycles. The Hall–Kier alpha value is -1.40. The molecule has 2 aliphatic rings. The highest BCUT2D eigenvalue weighted by molar-refractivity contribution is 6.33. The van der Waals surface area contributed by atoms with E-state index in [0.717, 1.165) is 17.0 Å². The molecule has 6 heteroatoms. The number of aryl methyl sites for hydroxylation is 1. The quantitative estimate of drug-likeness (QED) is 0.921. The number of aliphatic hydroxyl groups excluding tert-OH is 1. The first-order valence-corrected chi connectivity index (χ1v) is 7.74. The Bertz CT molecular complexity index is 682. The van der Waals surface area contributed by atoms with Crippen molar-refractivity contribution in [2.75, 3.05) is 13.2 Å². The molecule has 5 nitrogen and oxygen atoms in total. The molecule has 1 aromatic carbocycles. The van der Waals surface area contributed by atoms with E-state index in [4.69, 9.17) is 21.1 Å². The molecule has 1 N–H and O–H groups in total. The van der Waals surface area contributed by atoms with Gasteiger partial charge >= 0.3 is 0 Å². The van der Waals surface area contributed by atoms with Crippen molar-refractivity contribution in [1.82, 2.24) is 9.55 Å². The zero-order valence-corrected chi connectivity index (χ0v) is 12.9. The molecular weight excluding hydrogens is 304 g/mol. The van der Waals surface area contributed by atoms with Crippen LogP contribution in [0.3, 0.4) is 0 Å². The average molecular weight is 321 g/mol. The Morgan fingerprint density at radius 3 is 2.91 bits per heavy atom. The van der Waals surface area contributed by atoms with E-state index in [1.807, 2.05) is 31.3 Å². The van der Waals surface area contributed by atoms with E-state index >= 15 is 0 Å². The van der Waals surface area contributed by atoms with E-state index in [9.17, 15) is 5.11 Å². The van der Waals surface area contributed by atoms with Gasteiger partial charge in [-0.25, -0.2) is 4.98 Å². The third kappa shape index (κ3) is 2.08. The Morgan fingerprint density at radius 1 is 1.27 bits per heavy atom. The number of fused-ring (bicyclic) bond motifs is 1. The molecule has 4 atom stereocenters. The number of hydrogen-bond donors (Lipinski definition) is 1. The number of aliphatic hydroxyl groups is 1. The average Bonchev–Trinajstić information content (AvgIpc) is 3.17. The second-order valence-electron chi connectivity index (χ2n) is 5.82. The summed E-state index contributed by atoms with van der Waals surface area (Å²) in [6.07, 6.45) is 2.72. The van der Waals surface area contributed by atoms with Crippen molar-refractivity contribution in [2.24, 2.45) is 0 Å². The molecule has 0 saturated carbocycles. The van der Waals surface area contributed by atoms with Crippen LogP contribution in [-0.2, 0) is 9.47 Å². The summed E-state index contributed by atoms with van der Waals surface area (Å²) in [6, 6.07) is 5.81. The van der Waals surface area contributed by atoms with Crippen LogP contribution >= 0.6 is 11.6 Å². The molecule has 2 aliphatic heterocycles. The summed E-state index contributed by atoms with van der Waals surface area (Å²) in [5.41, 5.74) is 2.00. The second-order valence-corrected chi connectivity index (χ2v) is 6.23. The van der Waals surface area contributed by atoms with Crippen molar-refractivity contribution in [3.63, 3.8) is 0 Å². The summed E-state index contributed by atoms with van der Waals surface area (Å²) in [6.45, 7) is 2.84. The first-order chi connectivity index (χ1) is 10.7. The van der Waals surface area contributed by atoms with Gasteiger partial charge in [-0.15, -0.1) is 0 Å². The SMILES string of the molecule is Cc1cccc(Cl)c1-c1nccn1[C@@H]1CO[C@H]2[C@@H]1OC[C@H]2O. The predicted molar refractivity (Wildman–Crippen MR) is 81.9 cm³/mol. The van der Waals surface area contributed by atoms with Crippen molar-refractivity contribution in [3.05, 3.63) is 41.2 Å². The Kier molecular flexibility index (Phi) is 3.46. The van der Waals surface area contributed by atoms with Crippen LogP contribution in [-0.4, -0.2) is 46.2 Å². The molecule has 22 heavy (non-hydrogen) atoms. The zero-order chi connectivity index (χ0) is 15.3. The molecule has 116 valence electrons. The minimum absolute atomic E-state index is 0.00433. The molecule has 2 aromatic rings. The number of hydrogen-bond acceptors (Lipinski definition) is 4. The molecule has 0 amide bonds. The maximum atomic E-state index is 9.89. The van der Waals surface area contributed by atoms with Crippen LogP contribution in [0.4, 0.5) is 0 Å². The molecule has 0 aliphatic carbocycles. The van der Waals surface area contributed by atoms with Crippen LogP contribution in [0, 0.1) is 6.92 Å². The van der Waals surface area contributed by atoms with Gasteiger partial charge in [-0.3, -0.25) is 0 Å². The molecular formula is C16H17ClN2O3. The fraction of sp³-hybridized carbons (Fsp3) is 0.438. The summed E-state index contributed by atoms with van der Waals surface area (Å²) >= 11 is 6.38. The summed E-state index contributed by atoms with van der Waals surface area (Å²) in [5.74, 6) is 0.808. The highest BCUT2D eigenvalue weighted by Gasteiger charge is 2.48. The summed E-state index contributed by atoms with van der Waals surface area (Å²) in [7, 11) is 0. The number of imidazole rings is 1. The van der Waals surface area contributed by atoms with Crippen LogP contribution in [0.5, 0.6) is 0 Å². The van der Waals surface area contributed by atoms with Gasteiger partial charge in [-0.2, -0.15) is 0 Å². The smallest absolute Gasteiger partial charge is 0.142 e. The second kappa shape index (κ2) is 5.35. The minimum atomic E-state index is -0.552. The number of rotatable bonds is 2. The number of ether oxygens (including phenoxy) is 2. The number of benzene rings is 1. The number of halogens is 1. The van der Waals surface area contributed by atoms with Gasteiger partial charge < -0.3 is 19.1 Å². The number of aromatic nitrogens is 2.